The number of hydrogen-bond acceptors (Lipinski definition) is 3. The molecule has 0 aliphatic carbocycles. The second-order valence-corrected chi connectivity index (χ2v) is 6.73. The van der Waals surface area contributed by atoms with Crippen molar-refractivity contribution in [3.05, 3.63) is 21.5 Å². The molecule has 0 bridgehead atoms. The Morgan fingerprint density at radius 1 is 1.47 bits per heavy atom. The summed E-state index contributed by atoms with van der Waals surface area (Å²) in [6.07, 6.45) is 1.14. The summed E-state index contributed by atoms with van der Waals surface area (Å²) in [6.45, 7) is 2.01. The Balaban J connectivity index is 2.05. The Hall–Kier alpha value is -0.170. The molecule has 17 heavy (non-hydrogen) atoms. The fraction of sp³-hybridized carbons (Fsp3) is 0.500. The molecular formula is C12H14FIN2S. The molecule has 0 saturated carbocycles. The number of anilines is 2. The fourth-order valence-electron chi connectivity index (χ4n) is 2.50. The van der Waals surface area contributed by atoms with Crippen LogP contribution in [-0.2, 0) is 0 Å². The van der Waals surface area contributed by atoms with Gasteiger partial charge in [-0.15, -0.1) is 0 Å². The van der Waals surface area contributed by atoms with E-state index in [-0.39, 0.29) is 5.82 Å². The van der Waals surface area contributed by atoms with E-state index in [0.717, 1.165) is 42.4 Å². The summed E-state index contributed by atoms with van der Waals surface area (Å²) in [5.74, 6) is 2.20. The Morgan fingerprint density at radius 3 is 3.24 bits per heavy atom. The van der Waals surface area contributed by atoms with Crippen molar-refractivity contribution < 1.29 is 4.39 Å². The maximum absolute atomic E-state index is 13.7. The van der Waals surface area contributed by atoms with Crippen LogP contribution in [0.4, 0.5) is 15.8 Å². The highest BCUT2D eigenvalue weighted by Gasteiger charge is 2.27. The van der Waals surface area contributed by atoms with Gasteiger partial charge in [0.2, 0.25) is 0 Å². The van der Waals surface area contributed by atoms with Crippen LogP contribution in [0.3, 0.4) is 0 Å². The third-order valence-electron chi connectivity index (χ3n) is 3.37. The Bertz CT molecular complexity index is 441. The van der Waals surface area contributed by atoms with E-state index in [1.165, 1.54) is 0 Å². The topological polar surface area (TPSA) is 15.3 Å². The molecule has 0 amide bonds. The summed E-state index contributed by atoms with van der Waals surface area (Å²) in [6, 6.07) is 4.18. The molecule has 1 fully saturated rings. The molecule has 1 aromatic carbocycles. The van der Waals surface area contributed by atoms with E-state index in [0.29, 0.717) is 9.61 Å². The lowest BCUT2D eigenvalue weighted by molar-refractivity contribution is 0.608. The van der Waals surface area contributed by atoms with Crippen LogP contribution in [0.15, 0.2) is 12.1 Å². The zero-order valence-corrected chi connectivity index (χ0v) is 12.4. The largest absolute Gasteiger partial charge is 0.383 e. The zero-order chi connectivity index (χ0) is 11.8. The first-order chi connectivity index (χ1) is 8.25. The number of halogens is 2. The van der Waals surface area contributed by atoms with Crippen molar-refractivity contribution in [2.45, 2.75) is 12.5 Å². The van der Waals surface area contributed by atoms with Gasteiger partial charge in [-0.2, -0.15) is 11.8 Å². The minimum Gasteiger partial charge on any atom is -0.383 e. The minimum atomic E-state index is -0.106. The molecule has 0 radical (unpaired) electrons. The summed E-state index contributed by atoms with van der Waals surface area (Å²) in [5, 5.41) is 3.43. The summed E-state index contributed by atoms with van der Waals surface area (Å²) >= 11 is 4.06. The van der Waals surface area contributed by atoms with E-state index in [1.54, 1.807) is 6.07 Å². The number of hydrogen-bond donors (Lipinski definition) is 1. The summed E-state index contributed by atoms with van der Waals surface area (Å²) in [4.78, 5) is 2.38. The number of thioether (sulfide) groups is 1. The Morgan fingerprint density at radius 2 is 2.35 bits per heavy atom. The molecule has 1 saturated heterocycles. The molecule has 3 rings (SSSR count). The summed E-state index contributed by atoms with van der Waals surface area (Å²) < 4.78 is 14.4. The maximum Gasteiger partial charge on any atom is 0.138 e. The predicted octanol–water partition coefficient (Wildman–Crippen LogP) is 3.17. The van der Waals surface area contributed by atoms with E-state index in [4.69, 9.17) is 0 Å². The second kappa shape index (κ2) is 4.84. The molecule has 1 aromatic rings. The highest BCUT2D eigenvalue weighted by Crippen LogP contribution is 2.36. The van der Waals surface area contributed by atoms with E-state index >= 15 is 0 Å². The molecule has 92 valence electrons. The van der Waals surface area contributed by atoms with Crippen LogP contribution in [0.2, 0.25) is 0 Å². The maximum atomic E-state index is 13.7. The molecule has 2 nitrogen and oxygen atoms in total. The number of rotatable bonds is 0. The van der Waals surface area contributed by atoms with Crippen LogP contribution >= 0.6 is 34.4 Å². The standard InChI is InChI=1S/C12H14FIN2S/c13-9-5-12-11(6-10(9)14)15-2-1-8-7-17-4-3-16(8)12/h5-6,8,15H,1-4,7H2. The van der Waals surface area contributed by atoms with Gasteiger partial charge in [0.05, 0.1) is 14.9 Å². The van der Waals surface area contributed by atoms with Crippen LogP contribution in [0.25, 0.3) is 0 Å². The van der Waals surface area contributed by atoms with Crippen LogP contribution in [0.1, 0.15) is 6.42 Å². The van der Waals surface area contributed by atoms with Gasteiger partial charge in [-0.1, -0.05) is 0 Å². The Kier molecular flexibility index (Phi) is 3.38. The smallest absolute Gasteiger partial charge is 0.138 e. The molecular weight excluding hydrogens is 350 g/mol. The van der Waals surface area contributed by atoms with Crippen molar-refractivity contribution in [2.24, 2.45) is 0 Å². The van der Waals surface area contributed by atoms with Gasteiger partial charge in [0.25, 0.3) is 0 Å². The van der Waals surface area contributed by atoms with Gasteiger partial charge in [-0.05, 0) is 35.1 Å². The molecule has 2 heterocycles. The second-order valence-electron chi connectivity index (χ2n) is 4.42. The third kappa shape index (κ3) is 2.23. The number of benzene rings is 1. The quantitative estimate of drug-likeness (QED) is 0.712. The summed E-state index contributed by atoms with van der Waals surface area (Å²) in [7, 11) is 0. The van der Waals surface area contributed by atoms with Crippen LogP contribution in [0.5, 0.6) is 0 Å². The van der Waals surface area contributed by atoms with Gasteiger partial charge in [0.15, 0.2) is 0 Å². The lowest BCUT2D eigenvalue weighted by atomic mass is 10.1. The fourth-order valence-corrected chi connectivity index (χ4v) is 4.08. The van der Waals surface area contributed by atoms with Crippen LogP contribution < -0.4 is 10.2 Å². The number of nitrogens with one attached hydrogen (secondary N) is 1. The highest BCUT2D eigenvalue weighted by molar-refractivity contribution is 14.1. The van der Waals surface area contributed by atoms with E-state index < -0.39 is 0 Å². The van der Waals surface area contributed by atoms with Crippen molar-refractivity contribution in [3.8, 4) is 0 Å². The van der Waals surface area contributed by atoms with Crippen molar-refractivity contribution in [1.29, 1.82) is 0 Å². The molecule has 5 heteroatoms. The van der Waals surface area contributed by atoms with Crippen LogP contribution in [0, 0.1) is 9.39 Å². The lowest BCUT2D eigenvalue weighted by Gasteiger charge is -2.36. The number of fused-ring (bicyclic) bond motifs is 3. The first kappa shape index (κ1) is 11.9. The van der Waals surface area contributed by atoms with Crippen molar-refractivity contribution in [3.63, 3.8) is 0 Å². The SMILES string of the molecule is Fc1cc2c(cc1I)NCCC1CSCCN21. The molecule has 2 aliphatic heterocycles. The monoisotopic (exact) mass is 364 g/mol. The molecule has 1 atom stereocenters. The normalized spacial score (nSPS) is 23.4. The summed E-state index contributed by atoms with van der Waals surface area (Å²) in [5.41, 5.74) is 2.14. The van der Waals surface area contributed by atoms with Gasteiger partial charge in [-0.3, -0.25) is 0 Å². The zero-order valence-electron chi connectivity index (χ0n) is 9.38. The number of nitrogens with zero attached hydrogens (tertiary/aromatic N) is 1. The first-order valence-electron chi connectivity index (χ1n) is 5.83. The van der Waals surface area contributed by atoms with Gasteiger partial charge < -0.3 is 10.2 Å². The van der Waals surface area contributed by atoms with Crippen molar-refractivity contribution >= 4 is 45.7 Å². The first-order valence-corrected chi connectivity index (χ1v) is 8.06. The van der Waals surface area contributed by atoms with Crippen molar-refractivity contribution in [2.75, 3.05) is 34.8 Å². The minimum absolute atomic E-state index is 0.106. The van der Waals surface area contributed by atoms with Crippen molar-refractivity contribution in [1.82, 2.24) is 0 Å². The highest BCUT2D eigenvalue weighted by atomic mass is 127. The molecule has 1 unspecified atom stereocenters. The van der Waals surface area contributed by atoms with Crippen LogP contribution in [-0.4, -0.2) is 30.6 Å². The van der Waals surface area contributed by atoms with Gasteiger partial charge >= 0.3 is 0 Å². The predicted molar refractivity (Wildman–Crippen MR) is 80.7 cm³/mol. The average Bonchev–Trinajstić information content (AvgIpc) is 2.50. The van der Waals surface area contributed by atoms with Gasteiger partial charge in [-0.25, -0.2) is 4.39 Å². The van der Waals surface area contributed by atoms with E-state index in [1.807, 2.05) is 17.8 Å². The van der Waals surface area contributed by atoms with Gasteiger partial charge in [0, 0.05) is 36.7 Å². The van der Waals surface area contributed by atoms with Gasteiger partial charge in [0.1, 0.15) is 5.82 Å². The Labute approximate surface area is 118 Å². The van der Waals surface area contributed by atoms with E-state index in [2.05, 4.69) is 32.8 Å². The average molecular weight is 364 g/mol. The molecule has 1 N–H and O–H groups in total. The van der Waals surface area contributed by atoms with E-state index in [9.17, 15) is 4.39 Å². The molecule has 0 aromatic heterocycles. The lowest BCUT2D eigenvalue weighted by Crippen LogP contribution is -2.42. The molecule has 0 spiro atoms. The molecule has 2 aliphatic rings. The third-order valence-corrected chi connectivity index (χ3v) is 5.29.